The van der Waals surface area contributed by atoms with Gasteiger partial charge in [-0.05, 0) is 40.2 Å². The second-order valence-corrected chi connectivity index (χ2v) is 5.36. The Bertz CT molecular complexity index is 213. The molecule has 0 aliphatic carbocycles. The van der Waals surface area contributed by atoms with Crippen LogP contribution in [0.1, 0.15) is 33.1 Å². The summed E-state index contributed by atoms with van der Waals surface area (Å²) < 4.78 is 10.9. The fraction of sp³-hybridized carbons (Fsp3) is 1.00. The van der Waals surface area contributed by atoms with Gasteiger partial charge in [0.25, 0.3) is 0 Å². The van der Waals surface area contributed by atoms with Crippen LogP contribution in [0.4, 0.5) is 0 Å². The zero-order valence-electron chi connectivity index (χ0n) is 11.7. The molecule has 1 heterocycles. The average molecular weight is 244 g/mol. The number of nitrogens with two attached hydrogens (primary N) is 1. The van der Waals surface area contributed by atoms with E-state index in [1.165, 1.54) is 0 Å². The van der Waals surface area contributed by atoms with Gasteiger partial charge in [-0.1, -0.05) is 0 Å². The lowest BCUT2D eigenvalue weighted by Crippen LogP contribution is -2.58. The number of hydrogen-bond donors (Lipinski definition) is 1. The summed E-state index contributed by atoms with van der Waals surface area (Å²) in [5.74, 6) is 0. The maximum atomic E-state index is 6.04. The third-order valence-electron chi connectivity index (χ3n) is 3.83. The first-order valence-electron chi connectivity index (χ1n) is 6.60. The molecule has 1 fully saturated rings. The van der Waals surface area contributed by atoms with Crippen molar-refractivity contribution in [3.05, 3.63) is 0 Å². The Labute approximate surface area is 105 Å². The number of likely N-dealkylation sites (N-methyl/N-ethyl adjacent to an activating group) is 1. The third kappa shape index (κ3) is 3.91. The maximum Gasteiger partial charge on any atom is 0.0568 e. The van der Waals surface area contributed by atoms with Crippen molar-refractivity contribution in [2.75, 3.05) is 33.9 Å². The first-order valence-corrected chi connectivity index (χ1v) is 6.60. The average Bonchev–Trinajstić information content (AvgIpc) is 2.27. The summed E-state index contributed by atoms with van der Waals surface area (Å²) in [6.07, 6.45) is 3.70. The van der Waals surface area contributed by atoms with E-state index in [1.54, 1.807) is 7.11 Å². The highest BCUT2D eigenvalue weighted by Crippen LogP contribution is 2.32. The molecule has 0 spiro atoms. The molecule has 0 saturated carbocycles. The number of nitrogens with zero attached hydrogens (tertiary/aromatic N) is 1. The Balaban J connectivity index is 2.59. The van der Waals surface area contributed by atoms with Gasteiger partial charge in [-0.25, -0.2) is 0 Å². The van der Waals surface area contributed by atoms with Crippen molar-refractivity contribution in [1.82, 2.24) is 4.90 Å². The smallest absolute Gasteiger partial charge is 0.0568 e. The molecule has 17 heavy (non-hydrogen) atoms. The van der Waals surface area contributed by atoms with Crippen LogP contribution in [-0.2, 0) is 9.47 Å². The Morgan fingerprint density at radius 1 is 1.35 bits per heavy atom. The second-order valence-electron chi connectivity index (χ2n) is 5.36. The van der Waals surface area contributed by atoms with Crippen molar-refractivity contribution in [3.63, 3.8) is 0 Å². The Morgan fingerprint density at radius 3 is 2.41 bits per heavy atom. The molecule has 4 nitrogen and oxygen atoms in total. The minimum absolute atomic E-state index is 0.102. The van der Waals surface area contributed by atoms with Gasteiger partial charge in [0.05, 0.1) is 12.2 Å². The van der Waals surface area contributed by atoms with E-state index in [-0.39, 0.29) is 5.54 Å². The fourth-order valence-corrected chi connectivity index (χ4v) is 2.96. The van der Waals surface area contributed by atoms with Crippen molar-refractivity contribution in [1.29, 1.82) is 0 Å². The molecule has 0 radical (unpaired) electrons. The van der Waals surface area contributed by atoms with Crippen LogP contribution in [0.3, 0.4) is 0 Å². The van der Waals surface area contributed by atoms with Gasteiger partial charge in [-0.3, -0.25) is 4.90 Å². The van der Waals surface area contributed by atoms with Gasteiger partial charge in [0.1, 0.15) is 0 Å². The van der Waals surface area contributed by atoms with Crippen LogP contribution >= 0.6 is 0 Å². The first kappa shape index (κ1) is 14.9. The minimum atomic E-state index is 0.102. The molecule has 1 aliphatic heterocycles. The molecule has 2 atom stereocenters. The highest BCUT2D eigenvalue weighted by atomic mass is 16.5. The summed E-state index contributed by atoms with van der Waals surface area (Å²) in [5.41, 5.74) is 6.14. The van der Waals surface area contributed by atoms with Crippen molar-refractivity contribution in [2.24, 2.45) is 5.73 Å². The zero-order valence-corrected chi connectivity index (χ0v) is 11.7. The van der Waals surface area contributed by atoms with Crippen LogP contribution in [0, 0.1) is 0 Å². The van der Waals surface area contributed by atoms with Gasteiger partial charge in [0, 0.05) is 32.3 Å². The summed E-state index contributed by atoms with van der Waals surface area (Å²) in [5, 5.41) is 0. The number of ether oxygens (including phenoxy) is 2. The van der Waals surface area contributed by atoms with Gasteiger partial charge in [0.2, 0.25) is 0 Å². The van der Waals surface area contributed by atoms with Crippen LogP contribution < -0.4 is 5.73 Å². The minimum Gasteiger partial charge on any atom is -0.385 e. The van der Waals surface area contributed by atoms with Crippen molar-refractivity contribution in [3.8, 4) is 0 Å². The predicted octanol–water partition coefficient (Wildman–Crippen LogP) is 1.24. The van der Waals surface area contributed by atoms with E-state index >= 15 is 0 Å². The van der Waals surface area contributed by atoms with Crippen LogP contribution in [-0.4, -0.2) is 56.5 Å². The van der Waals surface area contributed by atoms with E-state index in [9.17, 15) is 0 Å². The fourth-order valence-electron chi connectivity index (χ4n) is 2.96. The van der Waals surface area contributed by atoms with Crippen molar-refractivity contribution >= 4 is 0 Å². The van der Waals surface area contributed by atoms with Gasteiger partial charge in [-0.2, -0.15) is 0 Å². The zero-order chi connectivity index (χ0) is 12.9. The molecule has 102 valence electrons. The molecule has 0 aromatic rings. The van der Waals surface area contributed by atoms with Crippen molar-refractivity contribution in [2.45, 2.75) is 50.9 Å². The molecule has 0 aromatic carbocycles. The van der Waals surface area contributed by atoms with E-state index in [0.717, 1.165) is 32.4 Å². The maximum absolute atomic E-state index is 6.04. The molecule has 1 rings (SSSR count). The molecule has 2 N–H and O–H groups in total. The van der Waals surface area contributed by atoms with Gasteiger partial charge in [0.15, 0.2) is 0 Å². The third-order valence-corrected chi connectivity index (χ3v) is 3.83. The van der Waals surface area contributed by atoms with E-state index in [2.05, 4.69) is 25.8 Å². The lowest BCUT2D eigenvalue weighted by Gasteiger charge is -2.48. The summed E-state index contributed by atoms with van der Waals surface area (Å²) in [6, 6.07) is 0. The molecular formula is C13H28N2O2. The topological polar surface area (TPSA) is 47.7 Å². The van der Waals surface area contributed by atoms with Crippen LogP contribution in [0.2, 0.25) is 0 Å². The Morgan fingerprint density at radius 2 is 1.94 bits per heavy atom. The molecule has 2 unspecified atom stereocenters. The Hall–Kier alpha value is -0.160. The lowest BCUT2D eigenvalue weighted by molar-refractivity contribution is -0.0981. The lowest BCUT2D eigenvalue weighted by atomic mass is 9.82. The first-order chi connectivity index (χ1) is 8.04. The summed E-state index contributed by atoms with van der Waals surface area (Å²) in [4.78, 5) is 2.40. The van der Waals surface area contributed by atoms with Crippen LogP contribution in [0.15, 0.2) is 0 Å². The molecule has 0 amide bonds. The molecule has 0 aromatic heterocycles. The summed E-state index contributed by atoms with van der Waals surface area (Å²) >= 11 is 0. The largest absolute Gasteiger partial charge is 0.385 e. The molecular weight excluding hydrogens is 216 g/mol. The van der Waals surface area contributed by atoms with Crippen LogP contribution in [0.5, 0.6) is 0 Å². The quantitative estimate of drug-likeness (QED) is 0.714. The predicted molar refractivity (Wildman–Crippen MR) is 70.2 cm³/mol. The highest BCUT2D eigenvalue weighted by Gasteiger charge is 2.40. The summed E-state index contributed by atoms with van der Waals surface area (Å²) in [6.45, 7) is 6.83. The van der Waals surface area contributed by atoms with E-state index < -0.39 is 0 Å². The molecule has 4 heteroatoms. The van der Waals surface area contributed by atoms with Crippen molar-refractivity contribution < 1.29 is 9.47 Å². The normalized spacial score (nSPS) is 34.2. The molecule has 1 saturated heterocycles. The Kier molecular flexibility index (Phi) is 5.86. The standard InChI is InChI=1S/C13H28N2O2/c1-11-8-13(10-14,9-12(2)17-11)15(3)6-5-7-16-4/h11-12H,5-10,14H2,1-4H3. The summed E-state index contributed by atoms with van der Waals surface area (Å²) in [7, 11) is 3.92. The second kappa shape index (κ2) is 6.69. The van der Waals surface area contributed by atoms with Gasteiger partial charge >= 0.3 is 0 Å². The van der Waals surface area contributed by atoms with E-state index in [1.807, 2.05) is 0 Å². The molecule has 0 bridgehead atoms. The molecule has 1 aliphatic rings. The SMILES string of the molecule is COCCCN(C)C1(CN)CC(C)OC(C)C1. The van der Waals surface area contributed by atoms with Gasteiger partial charge in [-0.15, -0.1) is 0 Å². The monoisotopic (exact) mass is 244 g/mol. The number of methoxy groups -OCH3 is 1. The highest BCUT2D eigenvalue weighted by molar-refractivity contribution is 4.96. The number of hydrogen-bond acceptors (Lipinski definition) is 4. The van der Waals surface area contributed by atoms with E-state index in [4.69, 9.17) is 15.2 Å². The van der Waals surface area contributed by atoms with E-state index in [0.29, 0.717) is 18.8 Å². The van der Waals surface area contributed by atoms with Gasteiger partial charge < -0.3 is 15.2 Å². The number of rotatable bonds is 6. The van der Waals surface area contributed by atoms with Crippen LogP contribution in [0.25, 0.3) is 0 Å².